The predicted molar refractivity (Wildman–Crippen MR) is 91.5 cm³/mol. The number of rotatable bonds is 5. The van der Waals surface area contributed by atoms with E-state index in [1.165, 1.54) is 4.90 Å². The Hall–Kier alpha value is -1.60. The molecule has 1 aromatic carbocycles. The standard InChI is InChI=1S/C18H26F3N3O/c1-13-6-4-5-7-14(13)17(2,3)16(25)23-12-15(18(19,20)21)24-10-8-22-9-11-24/h4-7,15,22H,8-12H2,1-3H3,(H,23,25). The highest BCUT2D eigenvalue weighted by Gasteiger charge is 2.44. The van der Waals surface area contributed by atoms with Crippen LogP contribution in [0.4, 0.5) is 13.2 Å². The van der Waals surface area contributed by atoms with E-state index in [-0.39, 0.29) is 0 Å². The van der Waals surface area contributed by atoms with Gasteiger partial charge < -0.3 is 10.6 Å². The molecule has 4 nitrogen and oxygen atoms in total. The topological polar surface area (TPSA) is 44.4 Å². The largest absolute Gasteiger partial charge is 0.405 e. The average Bonchev–Trinajstić information content (AvgIpc) is 2.54. The molecule has 1 aromatic rings. The number of hydrogen-bond acceptors (Lipinski definition) is 3. The molecule has 140 valence electrons. The molecule has 0 bridgehead atoms. The first-order chi connectivity index (χ1) is 11.6. The van der Waals surface area contributed by atoms with Crippen molar-refractivity contribution in [1.29, 1.82) is 0 Å². The highest BCUT2D eigenvalue weighted by molar-refractivity contribution is 5.87. The van der Waals surface area contributed by atoms with Crippen LogP contribution in [0.5, 0.6) is 0 Å². The molecule has 0 spiro atoms. The van der Waals surface area contributed by atoms with Crippen LogP contribution < -0.4 is 10.6 Å². The summed E-state index contributed by atoms with van der Waals surface area (Å²) >= 11 is 0. The molecule has 1 saturated heterocycles. The summed E-state index contributed by atoms with van der Waals surface area (Å²) in [6, 6.07) is 5.77. The smallest absolute Gasteiger partial charge is 0.353 e. The third-order valence-electron chi connectivity index (χ3n) is 4.81. The SMILES string of the molecule is Cc1ccccc1C(C)(C)C(=O)NCC(N1CCNCC1)C(F)(F)F. The number of amides is 1. The lowest BCUT2D eigenvalue weighted by molar-refractivity contribution is -0.184. The van der Waals surface area contributed by atoms with Gasteiger partial charge in [0, 0.05) is 32.7 Å². The van der Waals surface area contributed by atoms with Gasteiger partial charge in [-0.3, -0.25) is 9.69 Å². The Morgan fingerprint density at radius 2 is 1.84 bits per heavy atom. The molecule has 0 radical (unpaired) electrons. The Balaban J connectivity index is 2.08. The number of aryl methyl sites for hydroxylation is 1. The monoisotopic (exact) mass is 357 g/mol. The number of benzene rings is 1. The van der Waals surface area contributed by atoms with Crippen molar-refractivity contribution >= 4 is 5.91 Å². The van der Waals surface area contributed by atoms with Crippen LogP contribution in [0.15, 0.2) is 24.3 Å². The molecule has 1 aliphatic heterocycles. The predicted octanol–water partition coefficient (Wildman–Crippen LogP) is 2.22. The van der Waals surface area contributed by atoms with Crippen LogP contribution in [0.3, 0.4) is 0 Å². The van der Waals surface area contributed by atoms with Gasteiger partial charge in [0.15, 0.2) is 0 Å². The normalized spacial score (nSPS) is 18.0. The number of carbonyl (C=O) groups excluding carboxylic acids is 1. The first-order valence-electron chi connectivity index (χ1n) is 8.50. The summed E-state index contributed by atoms with van der Waals surface area (Å²) in [4.78, 5) is 14.0. The van der Waals surface area contributed by atoms with Gasteiger partial charge in [0.1, 0.15) is 6.04 Å². The fraction of sp³-hybridized carbons (Fsp3) is 0.611. The Bertz CT molecular complexity index is 595. The zero-order valence-corrected chi connectivity index (χ0v) is 14.9. The lowest BCUT2D eigenvalue weighted by atomic mass is 9.81. The van der Waals surface area contributed by atoms with Crippen LogP contribution in [-0.2, 0) is 10.2 Å². The number of halogens is 3. The highest BCUT2D eigenvalue weighted by Crippen LogP contribution is 2.28. The Labute approximate surface area is 146 Å². The number of nitrogens with one attached hydrogen (secondary N) is 2. The molecule has 1 aliphatic rings. The summed E-state index contributed by atoms with van der Waals surface area (Å²) in [6.07, 6.45) is -4.38. The van der Waals surface area contributed by atoms with Gasteiger partial charge in [-0.05, 0) is 31.9 Å². The van der Waals surface area contributed by atoms with E-state index >= 15 is 0 Å². The van der Waals surface area contributed by atoms with E-state index in [1.807, 2.05) is 31.2 Å². The summed E-state index contributed by atoms with van der Waals surface area (Å²) in [5.41, 5.74) is 0.862. The van der Waals surface area contributed by atoms with Crippen molar-refractivity contribution in [3.8, 4) is 0 Å². The summed E-state index contributed by atoms with van der Waals surface area (Å²) in [6.45, 7) is 6.62. The molecule has 7 heteroatoms. The Kier molecular flexibility index (Phi) is 6.11. The molecule has 0 aromatic heterocycles. The van der Waals surface area contributed by atoms with Gasteiger partial charge in [-0.2, -0.15) is 13.2 Å². The fourth-order valence-corrected chi connectivity index (χ4v) is 3.25. The van der Waals surface area contributed by atoms with Crippen LogP contribution >= 0.6 is 0 Å². The molecule has 25 heavy (non-hydrogen) atoms. The molecular weight excluding hydrogens is 331 g/mol. The zero-order valence-electron chi connectivity index (χ0n) is 14.9. The van der Waals surface area contributed by atoms with E-state index in [1.54, 1.807) is 13.8 Å². The van der Waals surface area contributed by atoms with Crippen molar-refractivity contribution in [1.82, 2.24) is 15.5 Å². The molecule has 0 saturated carbocycles. The van der Waals surface area contributed by atoms with Crippen molar-refractivity contribution in [2.45, 2.75) is 38.4 Å². The third kappa shape index (κ3) is 4.73. The molecule has 2 rings (SSSR count). The van der Waals surface area contributed by atoms with E-state index in [9.17, 15) is 18.0 Å². The molecule has 2 N–H and O–H groups in total. The van der Waals surface area contributed by atoms with Crippen molar-refractivity contribution < 1.29 is 18.0 Å². The minimum atomic E-state index is -4.38. The highest BCUT2D eigenvalue weighted by atomic mass is 19.4. The second-order valence-corrected chi connectivity index (χ2v) is 6.99. The average molecular weight is 357 g/mol. The van der Waals surface area contributed by atoms with E-state index in [0.717, 1.165) is 11.1 Å². The summed E-state index contributed by atoms with van der Waals surface area (Å²) in [7, 11) is 0. The molecule has 1 amide bonds. The minimum absolute atomic E-state index is 0.321. The molecule has 1 fully saturated rings. The van der Waals surface area contributed by atoms with Crippen LogP contribution in [0, 0.1) is 6.92 Å². The minimum Gasteiger partial charge on any atom is -0.353 e. The van der Waals surface area contributed by atoms with Crippen molar-refractivity contribution in [2.24, 2.45) is 0 Å². The van der Waals surface area contributed by atoms with Crippen LogP contribution in [-0.4, -0.2) is 55.7 Å². The zero-order chi connectivity index (χ0) is 18.7. The molecular formula is C18H26F3N3O. The summed E-state index contributed by atoms with van der Waals surface area (Å²) < 4.78 is 40.3. The number of nitrogens with zero attached hydrogens (tertiary/aromatic N) is 1. The number of carbonyl (C=O) groups is 1. The fourth-order valence-electron chi connectivity index (χ4n) is 3.25. The maximum Gasteiger partial charge on any atom is 0.405 e. The van der Waals surface area contributed by atoms with Gasteiger partial charge >= 0.3 is 6.18 Å². The Morgan fingerprint density at radius 3 is 2.40 bits per heavy atom. The van der Waals surface area contributed by atoms with E-state index in [2.05, 4.69) is 10.6 Å². The van der Waals surface area contributed by atoms with Gasteiger partial charge in [-0.15, -0.1) is 0 Å². The first-order valence-corrected chi connectivity index (χ1v) is 8.50. The molecule has 0 aliphatic carbocycles. The molecule has 1 atom stereocenters. The van der Waals surface area contributed by atoms with Gasteiger partial charge in [0.2, 0.25) is 5.91 Å². The third-order valence-corrected chi connectivity index (χ3v) is 4.81. The Morgan fingerprint density at radius 1 is 1.24 bits per heavy atom. The number of piperazine rings is 1. The van der Waals surface area contributed by atoms with Gasteiger partial charge in [0.25, 0.3) is 0 Å². The van der Waals surface area contributed by atoms with Crippen molar-refractivity contribution in [3.63, 3.8) is 0 Å². The van der Waals surface area contributed by atoms with Crippen LogP contribution in [0.2, 0.25) is 0 Å². The lowest BCUT2D eigenvalue weighted by Crippen LogP contribution is -2.58. The second kappa shape index (κ2) is 7.74. The van der Waals surface area contributed by atoms with E-state index in [4.69, 9.17) is 0 Å². The van der Waals surface area contributed by atoms with Crippen molar-refractivity contribution in [3.05, 3.63) is 35.4 Å². The maximum atomic E-state index is 13.4. The van der Waals surface area contributed by atoms with Crippen LogP contribution in [0.1, 0.15) is 25.0 Å². The quantitative estimate of drug-likeness (QED) is 0.849. The summed E-state index contributed by atoms with van der Waals surface area (Å²) in [5, 5.41) is 5.57. The van der Waals surface area contributed by atoms with E-state index in [0.29, 0.717) is 26.2 Å². The van der Waals surface area contributed by atoms with E-state index < -0.39 is 30.1 Å². The van der Waals surface area contributed by atoms with Crippen molar-refractivity contribution in [2.75, 3.05) is 32.7 Å². The number of alkyl halides is 3. The van der Waals surface area contributed by atoms with Gasteiger partial charge in [-0.25, -0.2) is 0 Å². The molecule has 1 heterocycles. The van der Waals surface area contributed by atoms with Crippen LogP contribution in [0.25, 0.3) is 0 Å². The summed E-state index contributed by atoms with van der Waals surface area (Å²) in [5.74, 6) is -0.397. The lowest BCUT2D eigenvalue weighted by Gasteiger charge is -2.36. The first kappa shape index (κ1) is 19.7. The maximum absolute atomic E-state index is 13.4. The van der Waals surface area contributed by atoms with Gasteiger partial charge in [0.05, 0.1) is 5.41 Å². The number of hydrogen-bond donors (Lipinski definition) is 2. The van der Waals surface area contributed by atoms with Gasteiger partial charge in [-0.1, -0.05) is 24.3 Å². The second-order valence-electron chi connectivity index (χ2n) is 6.99. The molecule has 1 unspecified atom stereocenters.